The molecule has 0 unspecified atom stereocenters. The van der Waals surface area contributed by atoms with E-state index in [0.29, 0.717) is 17.7 Å². The molecule has 7 heteroatoms. The molecule has 0 aliphatic heterocycles. The number of ether oxygens (including phenoxy) is 1. The van der Waals surface area contributed by atoms with E-state index in [0.717, 1.165) is 19.3 Å². The Balaban J connectivity index is 0.000000891. The molecule has 0 aliphatic rings. The molecule has 24 heavy (non-hydrogen) atoms. The maximum atomic E-state index is 12.4. The van der Waals surface area contributed by atoms with Crippen LogP contribution in [-0.2, 0) is 25.4 Å². The van der Waals surface area contributed by atoms with Gasteiger partial charge in [-0.05, 0) is 26.2 Å². The number of aromatic nitrogens is 4. The number of aryl methyl sites for hydroxylation is 2. The van der Waals surface area contributed by atoms with E-state index in [4.69, 9.17) is 4.74 Å². The molecule has 0 N–H and O–H groups in total. The van der Waals surface area contributed by atoms with Crippen molar-refractivity contribution in [1.82, 2.24) is 18.7 Å². The third kappa shape index (κ3) is 4.56. The van der Waals surface area contributed by atoms with Crippen LogP contribution in [0, 0.1) is 0 Å². The van der Waals surface area contributed by atoms with Crippen molar-refractivity contribution < 1.29 is 4.74 Å². The smallest absolute Gasteiger partial charge is 0.332 e. The van der Waals surface area contributed by atoms with E-state index < -0.39 is 0 Å². The van der Waals surface area contributed by atoms with E-state index >= 15 is 0 Å². The van der Waals surface area contributed by atoms with Gasteiger partial charge in [0.15, 0.2) is 11.2 Å². The molecule has 0 amide bonds. The molecule has 0 fully saturated rings. The van der Waals surface area contributed by atoms with E-state index in [1.54, 1.807) is 32.1 Å². The van der Waals surface area contributed by atoms with E-state index in [1.807, 2.05) is 6.92 Å². The van der Waals surface area contributed by atoms with Crippen LogP contribution in [0.2, 0.25) is 0 Å². The zero-order valence-electron chi connectivity index (χ0n) is 15.7. The SMILES string of the molecule is CCC.CO[C@H](C)CCCCn1c(=O)c2c(ncn2C)n(C)c1=O. The van der Waals surface area contributed by atoms with Gasteiger partial charge in [-0.3, -0.25) is 13.9 Å². The molecule has 0 spiro atoms. The lowest BCUT2D eigenvalue weighted by atomic mass is 10.2. The van der Waals surface area contributed by atoms with Gasteiger partial charge in [0, 0.05) is 27.7 Å². The summed E-state index contributed by atoms with van der Waals surface area (Å²) in [5, 5.41) is 0. The van der Waals surface area contributed by atoms with E-state index in [1.165, 1.54) is 15.6 Å². The predicted octanol–water partition coefficient (Wildman–Crippen LogP) is 2.06. The molecule has 0 bridgehead atoms. The number of methoxy groups -OCH3 is 1. The summed E-state index contributed by atoms with van der Waals surface area (Å²) in [5.41, 5.74) is 0.304. The molecule has 0 aromatic carbocycles. The number of nitrogens with zero attached hydrogens (tertiary/aromatic N) is 4. The fraction of sp³-hybridized carbons (Fsp3) is 0.706. The van der Waals surface area contributed by atoms with Crippen molar-refractivity contribution in [2.24, 2.45) is 14.1 Å². The van der Waals surface area contributed by atoms with Gasteiger partial charge in [-0.2, -0.15) is 0 Å². The maximum Gasteiger partial charge on any atom is 0.332 e. The van der Waals surface area contributed by atoms with Crippen molar-refractivity contribution in [1.29, 1.82) is 0 Å². The average molecular weight is 338 g/mol. The number of rotatable bonds is 6. The highest BCUT2D eigenvalue weighted by atomic mass is 16.5. The number of unbranched alkanes of at least 4 members (excludes halogenated alkanes) is 1. The van der Waals surface area contributed by atoms with Crippen LogP contribution in [0.1, 0.15) is 46.5 Å². The van der Waals surface area contributed by atoms with Crippen molar-refractivity contribution in [3.63, 3.8) is 0 Å². The Morgan fingerprint density at radius 2 is 1.83 bits per heavy atom. The van der Waals surface area contributed by atoms with Gasteiger partial charge in [-0.15, -0.1) is 0 Å². The van der Waals surface area contributed by atoms with Crippen LogP contribution in [-0.4, -0.2) is 31.9 Å². The zero-order chi connectivity index (χ0) is 18.3. The molecule has 0 saturated heterocycles. The third-order valence-corrected chi connectivity index (χ3v) is 3.85. The lowest BCUT2D eigenvalue weighted by molar-refractivity contribution is 0.108. The number of imidazole rings is 1. The minimum Gasteiger partial charge on any atom is -0.382 e. The highest BCUT2D eigenvalue weighted by Gasteiger charge is 2.14. The molecule has 2 aromatic heterocycles. The third-order valence-electron chi connectivity index (χ3n) is 3.85. The van der Waals surface area contributed by atoms with Crippen LogP contribution < -0.4 is 11.2 Å². The van der Waals surface area contributed by atoms with Crippen LogP contribution >= 0.6 is 0 Å². The minimum atomic E-state index is -0.314. The van der Waals surface area contributed by atoms with Crippen molar-refractivity contribution in [2.45, 2.75) is 59.1 Å². The van der Waals surface area contributed by atoms with Crippen molar-refractivity contribution in [3.05, 3.63) is 27.2 Å². The first-order chi connectivity index (χ1) is 11.4. The summed E-state index contributed by atoms with van der Waals surface area (Å²) in [6.07, 6.45) is 5.60. The Labute approximate surface area is 142 Å². The van der Waals surface area contributed by atoms with Gasteiger partial charge in [-0.1, -0.05) is 20.3 Å². The maximum absolute atomic E-state index is 12.4. The molecule has 136 valence electrons. The van der Waals surface area contributed by atoms with Crippen LogP contribution in [0.5, 0.6) is 0 Å². The fourth-order valence-electron chi connectivity index (χ4n) is 2.41. The number of hydrogen-bond donors (Lipinski definition) is 0. The van der Waals surface area contributed by atoms with Crippen LogP contribution in [0.3, 0.4) is 0 Å². The van der Waals surface area contributed by atoms with Gasteiger partial charge in [-0.25, -0.2) is 9.78 Å². The summed E-state index contributed by atoms with van der Waals surface area (Å²) in [6.45, 7) is 6.68. The molecule has 2 heterocycles. The Morgan fingerprint density at radius 3 is 2.42 bits per heavy atom. The highest BCUT2D eigenvalue weighted by Crippen LogP contribution is 2.06. The van der Waals surface area contributed by atoms with Crippen molar-refractivity contribution >= 4 is 11.2 Å². The normalized spacial score (nSPS) is 12.1. The Kier molecular flexibility index (Phi) is 7.91. The van der Waals surface area contributed by atoms with E-state index in [2.05, 4.69) is 18.8 Å². The number of hydrogen-bond acceptors (Lipinski definition) is 4. The molecule has 0 radical (unpaired) electrons. The second kappa shape index (κ2) is 9.42. The summed E-state index contributed by atoms with van der Waals surface area (Å²) >= 11 is 0. The molecular weight excluding hydrogens is 308 g/mol. The van der Waals surface area contributed by atoms with Crippen molar-refractivity contribution in [3.8, 4) is 0 Å². The number of fused-ring (bicyclic) bond motifs is 1. The second-order valence-electron chi connectivity index (χ2n) is 6.08. The fourth-order valence-corrected chi connectivity index (χ4v) is 2.41. The van der Waals surface area contributed by atoms with Crippen molar-refractivity contribution in [2.75, 3.05) is 7.11 Å². The first kappa shape index (κ1) is 20.2. The van der Waals surface area contributed by atoms with Gasteiger partial charge in [0.1, 0.15) is 0 Å². The molecule has 7 nitrogen and oxygen atoms in total. The van der Waals surface area contributed by atoms with Gasteiger partial charge in [0.05, 0.1) is 12.4 Å². The summed E-state index contributed by atoms with van der Waals surface area (Å²) in [5.74, 6) is 0. The molecule has 0 aliphatic carbocycles. The molecule has 1 atom stereocenters. The molecule has 2 aromatic rings. The Hall–Kier alpha value is -1.89. The van der Waals surface area contributed by atoms with Crippen LogP contribution in [0.15, 0.2) is 15.9 Å². The first-order valence-corrected chi connectivity index (χ1v) is 8.52. The van der Waals surface area contributed by atoms with Gasteiger partial charge in [0.2, 0.25) is 0 Å². The van der Waals surface area contributed by atoms with Crippen LogP contribution in [0.4, 0.5) is 0 Å². The van der Waals surface area contributed by atoms with Gasteiger partial charge in [0.25, 0.3) is 5.56 Å². The zero-order valence-corrected chi connectivity index (χ0v) is 15.7. The van der Waals surface area contributed by atoms with Gasteiger partial charge < -0.3 is 9.30 Å². The quantitative estimate of drug-likeness (QED) is 0.756. The Bertz CT molecular complexity index is 758. The first-order valence-electron chi connectivity index (χ1n) is 8.52. The summed E-state index contributed by atoms with van der Waals surface area (Å²) < 4.78 is 9.56. The monoisotopic (exact) mass is 338 g/mol. The summed E-state index contributed by atoms with van der Waals surface area (Å²) in [6, 6.07) is 0. The average Bonchev–Trinajstić information content (AvgIpc) is 2.94. The topological polar surface area (TPSA) is 71.1 Å². The lowest BCUT2D eigenvalue weighted by Gasteiger charge is -2.10. The Morgan fingerprint density at radius 1 is 1.21 bits per heavy atom. The molecule has 2 rings (SSSR count). The minimum absolute atomic E-state index is 0.198. The predicted molar refractivity (Wildman–Crippen MR) is 96.5 cm³/mol. The lowest BCUT2D eigenvalue weighted by Crippen LogP contribution is -2.39. The standard InChI is InChI=1S/C14H22N4O3.C3H8/c1-10(21-4)7-5-6-8-18-13(19)11-12(15-9-16(11)2)17(3)14(18)20;1-3-2/h9-10H,5-8H2,1-4H3;3H2,1-2H3/t10-;/m1./s1. The largest absolute Gasteiger partial charge is 0.382 e. The highest BCUT2D eigenvalue weighted by molar-refractivity contribution is 5.69. The van der Waals surface area contributed by atoms with Crippen LogP contribution in [0.25, 0.3) is 11.2 Å². The molecule has 0 saturated carbocycles. The summed E-state index contributed by atoms with van der Waals surface area (Å²) in [4.78, 5) is 28.8. The van der Waals surface area contributed by atoms with Gasteiger partial charge >= 0.3 is 5.69 Å². The van der Waals surface area contributed by atoms with E-state index in [9.17, 15) is 9.59 Å². The van der Waals surface area contributed by atoms with E-state index in [-0.39, 0.29) is 17.4 Å². The second-order valence-corrected chi connectivity index (χ2v) is 6.08. The molecular formula is C17H30N4O3. The summed E-state index contributed by atoms with van der Waals surface area (Å²) in [7, 11) is 5.08.